The molecule has 202 valence electrons. The van der Waals surface area contributed by atoms with Crippen molar-refractivity contribution in [3.8, 4) is 34.2 Å². The molecule has 0 aliphatic heterocycles. The zero-order valence-corrected chi connectivity index (χ0v) is 22.6. The fourth-order valence-corrected chi connectivity index (χ4v) is 5.33. The highest BCUT2D eigenvalue weighted by Crippen LogP contribution is 2.33. The maximum Gasteiger partial charge on any atom is 0.335 e. The van der Waals surface area contributed by atoms with Crippen molar-refractivity contribution in [3.63, 3.8) is 0 Å². The number of carbonyl (C=O) groups excluding carboxylic acids is 1. The molecule has 42 heavy (non-hydrogen) atoms. The van der Waals surface area contributed by atoms with Crippen molar-refractivity contribution in [1.29, 1.82) is 0 Å². The van der Waals surface area contributed by atoms with Gasteiger partial charge in [0, 0.05) is 28.1 Å². The summed E-state index contributed by atoms with van der Waals surface area (Å²) in [5.74, 6) is 0.598. The van der Waals surface area contributed by atoms with E-state index in [1.807, 2.05) is 102 Å². The minimum absolute atomic E-state index is 0.0247. The average molecular weight is 549 g/mol. The maximum absolute atomic E-state index is 11.9. The van der Waals surface area contributed by atoms with E-state index in [2.05, 4.69) is 4.57 Å². The number of hydrogen-bond donors (Lipinski definition) is 1. The second-order valence-corrected chi connectivity index (χ2v) is 10.1. The van der Waals surface area contributed by atoms with E-state index in [1.54, 1.807) is 31.2 Å². The second kappa shape index (κ2) is 9.98. The number of fused-ring (bicyclic) bond motifs is 2. The first kappa shape index (κ1) is 25.2. The summed E-state index contributed by atoms with van der Waals surface area (Å²) in [6.07, 6.45) is 0. The van der Waals surface area contributed by atoms with E-state index in [1.165, 1.54) is 0 Å². The Morgan fingerprint density at radius 3 is 1.36 bits per heavy atom. The highest BCUT2D eigenvalue weighted by Gasteiger charge is 2.18. The Labute approximate surface area is 241 Å². The molecule has 0 saturated carbocycles. The first-order valence-corrected chi connectivity index (χ1v) is 13.5. The van der Waals surface area contributed by atoms with E-state index in [-0.39, 0.29) is 11.3 Å². The number of rotatable bonds is 6. The Bertz CT molecular complexity index is 1970. The lowest BCUT2D eigenvalue weighted by Crippen LogP contribution is -2.01. The van der Waals surface area contributed by atoms with Crippen LogP contribution < -0.4 is 0 Å². The highest BCUT2D eigenvalue weighted by atomic mass is 16.4. The monoisotopic (exact) mass is 548 g/mol. The predicted molar refractivity (Wildman–Crippen MR) is 164 cm³/mol. The Hall–Kier alpha value is -5.82. The van der Waals surface area contributed by atoms with Gasteiger partial charge in [-0.2, -0.15) is 0 Å². The number of Topliss-reactive ketones (excluding diaryl/α,β-unsaturated/α-hetero) is 1. The summed E-state index contributed by atoms with van der Waals surface area (Å²) >= 11 is 0. The molecule has 0 spiro atoms. The van der Waals surface area contributed by atoms with Gasteiger partial charge in [0.15, 0.2) is 5.78 Å². The van der Waals surface area contributed by atoms with Gasteiger partial charge in [-0.05, 0) is 79.7 Å². The normalized spacial score (nSPS) is 11.3. The average Bonchev–Trinajstić information content (AvgIpc) is 3.60. The van der Waals surface area contributed by atoms with E-state index >= 15 is 0 Å². The molecule has 7 nitrogen and oxygen atoms in total. The SMILES string of the molecule is CC(=O)c1ccc(-n2c(-c3ccc(-c4nc5ccccc5n4-c4ccc(C(=O)O)cc4)cc3)nc3ccccc32)cc1. The molecule has 0 aliphatic carbocycles. The lowest BCUT2D eigenvalue weighted by molar-refractivity contribution is 0.0696. The number of aromatic nitrogens is 4. The third-order valence-corrected chi connectivity index (χ3v) is 7.43. The van der Waals surface area contributed by atoms with E-state index in [4.69, 9.17) is 9.97 Å². The molecule has 0 aliphatic rings. The molecule has 2 aromatic heterocycles. The van der Waals surface area contributed by atoms with Crippen molar-refractivity contribution in [2.45, 2.75) is 6.92 Å². The van der Waals surface area contributed by atoms with Crippen molar-refractivity contribution in [2.24, 2.45) is 0 Å². The fourth-order valence-electron chi connectivity index (χ4n) is 5.33. The van der Waals surface area contributed by atoms with Crippen LogP contribution in [0.3, 0.4) is 0 Å². The van der Waals surface area contributed by atoms with Gasteiger partial charge in [-0.1, -0.05) is 48.5 Å². The number of imidazole rings is 2. The van der Waals surface area contributed by atoms with Gasteiger partial charge in [-0.15, -0.1) is 0 Å². The van der Waals surface area contributed by atoms with Crippen LogP contribution in [-0.2, 0) is 0 Å². The molecule has 0 atom stereocenters. The fraction of sp³-hybridized carbons (Fsp3) is 0.0286. The van der Waals surface area contributed by atoms with Crippen molar-refractivity contribution >= 4 is 33.8 Å². The van der Waals surface area contributed by atoms with Gasteiger partial charge in [-0.3, -0.25) is 13.9 Å². The Morgan fingerprint density at radius 2 is 0.952 bits per heavy atom. The Balaban J connectivity index is 1.34. The number of para-hydroxylation sites is 4. The maximum atomic E-state index is 11.9. The molecular formula is C35H24N4O3. The van der Waals surface area contributed by atoms with Crippen LogP contribution in [0.1, 0.15) is 27.6 Å². The smallest absolute Gasteiger partial charge is 0.335 e. The number of nitrogens with zero attached hydrogens (tertiary/aromatic N) is 4. The molecule has 1 N–H and O–H groups in total. The summed E-state index contributed by atoms with van der Waals surface area (Å²) in [4.78, 5) is 33.2. The van der Waals surface area contributed by atoms with Crippen LogP contribution in [0.4, 0.5) is 0 Å². The number of benzene rings is 5. The number of carboxylic acid groups (broad SMARTS) is 1. The summed E-state index contributed by atoms with van der Waals surface area (Å²) < 4.78 is 4.15. The van der Waals surface area contributed by atoms with E-state index in [9.17, 15) is 14.7 Å². The van der Waals surface area contributed by atoms with Crippen LogP contribution in [0.15, 0.2) is 121 Å². The van der Waals surface area contributed by atoms with Gasteiger partial charge < -0.3 is 5.11 Å². The molecule has 7 heteroatoms. The Morgan fingerprint density at radius 1 is 0.548 bits per heavy atom. The van der Waals surface area contributed by atoms with Crippen molar-refractivity contribution in [3.05, 3.63) is 132 Å². The zero-order chi connectivity index (χ0) is 28.8. The Kier molecular flexibility index (Phi) is 5.98. The predicted octanol–water partition coefficient (Wildman–Crippen LogP) is 7.60. The lowest BCUT2D eigenvalue weighted by atomic mass is 10.1. The van der Waals surface area contributed by atoms with Crippen molar-refractivity contribution in [1.82, 2.24) is 19.1 Å². The molecule has 7 aromatic rings. The number of hydrogen-bond acceptors (Lipinski definition) is 4. The molecule has 5 aromatic carbocycles. The standard InChI is InChI=1S/C35H24N4O3/c1-22(40)23-14-18-27(19-15-23)38-31-8-4-2-6-29(31)36-33(38)24-10-12-25(13-11-24)34-37-30-7-3-5-9-32(30)39(34)28-20-16-26(17-21-28)35(41)42/h2-21H,1H3,(H,41,42). The molecule has 0 amide bonds. The summed E-state index contributed by atoms with van der Waals surface area (Å²) in [7, 11) is 0. The van der Waals surface area contributed by atoms with Gasteiger partial charge in [0.05, 0.1) is 27.6 Å². The molecule has 0 radical (unpaired) electrons. The largest absolute Gasteiger partial charge is 0.478 e. The third-order valence-electron chi connectivity index (χ3n) is 7.43. The topological polar surface area (TPSA) is 90.0 Å². The van der Waals surface area contributed by atoms with Gasteiger partial charge in [-0.25, -0.2) is 14.8 Å². The molecule has 2 heterocycles. The second-order valence-electron chi connectivity index (χ2n) is 10.1. The summed E-state index contributed by atoms with van der Waals surface area (Å²) in [5.41, 5.74) is 8.08. The van der Waals surface area contributed by atoms with Crippen LogP contribution in [-0.4, -0.2) is 36.0 Å². The van der Waals surface area contributed by atoms with Gasteiger partial charge in [0.25, 0.3) is 0 Å². The molecule has 7 rings (SSSR count). The first-order valence-electron chi connectivity index (χ1n) is 13.5. The molecule has 0 unspecified atom stereocenters. The van der Waals surface area contributed by atoms with Gasteiger partial charge in [0.2, 0.25) is 0 Å². The number of ketones is 1. The van der Waals surface area contributed by atoms with Crippen molar-refractivity contribution < 1.29 is 14.7 Å². The lowest BCUT2D eigenvalue weighted by Gasteiger charge is -2.12. The van der Waals surface area contributed by atoms with Crippen LogP contribution in [0.2, 0.25) is 0 Å². The van der Waals surface area contributed by atoms with E-state index < -0.39 is 5.97 Å². The van der Waals surface area contributed by atoms with Crippen molar-refractivity contribution in [2.75, 3.05) is 0 Å². The van der Waals surface area contributed by atoms with Crippen LogP contribution >= 0.6 is 0 Å². The molecule has 0 saturated heterocycles. The first-order chi connectivity index (χ1) is 20.5. The van der Waals surface area contributed by atoms with E-state index in [0.29, 0.717) is 5.56 Å². The van der Waals surface area contributed by atoms with Crippen LogP contribution in [0.25, 0.3) is 56.2 Å². The van der Waals surface area contributed by atoms with Crippen LogP contribution in [0, 0.1) is 0 Å². The molecule has 0 bridgehead atoms. The number of carboxylic acids is 1. The minimum atomic E-state index is -0.964. The quantitative estimate of drug-likeness (QED) is 0.216. The minimum Gasteiger partial charge on any atom is -0.478 e. The third kappa shape index (κ3) is 4.24. The van der Waals surface area contributed by atoms with Gasteiger partial charge in [0.1, 0.15) is 11.6 Å². The van der Waals surface area contributed by atoms with E-state index in [0.717, 1.165) is 56.2 Å². The number of carbonyl (C=O) groups is 2. The summed E-state index contributed by atoms with van der Waals surface area (Å²) in [5, 5.41) is 9.36. The molecular weight excluding hydrogens is 524 g/mol. The molecule has 0 fully saturated rings. The highest BCUT2D eigenvalue weighted by molar-refractivity contribution is 5.94. The summed E-state index contributed by atoms with van der Waals surface area (Å²) in [6, 6.07) is 38.4. The number of aromatic carboxylic acids is 1. The van der Waals surface area contributed by atoms with Crippen LogP contribution in [0.5, 0.6) is 0 Å². The summed E-state index contributed by atoms with van der Waals surface area (Å²) in [6.45, 7) is 1.56. The zero-order valence-electron chi connectivity index (χ0n) is 22.6. The van der Waals surface area contributed by atoms with Gasteiger partial charge >= 0.3 is 5.97 Å².